The summed E-state index contributed by atoms with van der Waals surface area (Å²) in [6, 6.07) is -0.703. The van der Waals surface area contributed by atoms with E-state index in [2.05, 4.69) is 56.0 Å². The van der Waals surface area contributed by atoms with Crippen molar-refractivity contribution in [2.75, 3.05) is 19.4 Å². The Kier molecular flexibility index (Phi) is 7.73. The third-order valence-corrected chi connectivity index (χ3v) is 11.6. The van der Waals surface area contributed by atoms with E-state index in [9.17, 15) is 9.67 Å². The van der Waals surface area contributed by atoms with Crippen LogP contribution in [0.2, 0.25) is 0 Å². The number of anilines is 1. The summed E-state index contributed by atoms with van der Waals surface area (Å²) in [7, 11) is 1.78. The Labute approximate surface area is 264 Å². The second kappa shape index (κ2) is 11.1. The quantitative estimate of drug-likeness (QED) is 0.225. The fraction of sp³-hybridized carbons (Fsp3) is 0.500. The van der Waals surface area contributed by atoms with E-state index in [1.807, 2.05) is 0 Å². The van der Waals surface area contributed by atoms with E-state index in [0.717, 1.165) is 0 Å². The molecule has 10 atom stereocenters. The number of aliphatic hydroxyl groups excluding tert-OH is 1. The summed E-state index contributed by atoms with van der Waals surface area (Å²) in [5, 5.41) is 11.3. The topological polar surface area (TPSA) is 186 Å². The fourth-order valence-corrected chi connectivity index (χ4v) is 9.68. The summed E-state index contributed by atoms with van der Waals surface area (Å²) in [4.78, 5) is 22.8. The molecular formula is C22H26FN9O7P2S3. The molecule has 6 heterocycles. The lowest BCUT2D eigenvalue weighted by molar-refractivity contribution is -0.0498. The Morgan fingerprint density at radius 2 is 1.91 bits per heavy atom. The van der Waals surface area contributed by atoms with Gasteiger partial charge < -0.3 is 34.1 Å². The molecule has 3 fully saturated rings. The number of hydrogen-bond donors (Lipinski definition) is 4. The first-order chi connectivity index (χ1) is 20.8. The van der Waals surface area contributed by atoms with Crippen molar-refractivity contribution < 1.29 is 36.9 Å². The largest absolute Gasteiger partial charge is 0.388 e. The number of ether oxygens (including phenoxy) is 1. The lowest BCUT2D eigenvalue weighted by atomic mass is 10.1. The molecule has 0 aromatic carbocycles. The smallest absolute Gasteiger partial charge is 0.386 e. The van der Waals surface area contributed by atoms with Gasteiger partial charge in [0, 0.05) is 13.5 Å². The van der Waals surface area contributed by atoms with Gasteiger partial charge in [-0.25, -0.2) is 33.9 Å². The molecule has 0 radical (unpaired) electrons. The summed E-state index contributed by atoms with van der Waals surface area (Å²) >= 11 is 14.2. The molecule has 3 aromatic rings. The van der Waals surface area contributed by atoms with Gasteiger partial charge in [0.15, 0.2) is 29.7 Å². The van der Waals surface area contributed by atoms with Crippen molar-refractivity contribution in [3.05, 3.63) is 31.3 Å². The summed E-state index contributed by atoms with van der Waals surface area (Å²) in [5.74, 6) is 0.557. The fourth-order valence-electron chi connectivity index (χ4n) is 5.70. The van der Waals surface area contributed by atoms with E-state index in [1.165, 1.54) is 23.5 Å². The number of hydrogen-bond acceptors (Lipinski definition) is 15. The van der Waals surface area contributed by atoms with E-state index in [4.69, 9.17) is 40.4 Å². The predicted molar refractivity (Wildman–Crippen MR) is 166 cm³/mol. The second-order valence-corrected chi connectivity index (χ2v) is 18.6. The standard InChI is InChI=1S/C22H26FN9O7P2S3/c1-9-14-20(29-6-30(9)2)31(7-27-14)10-3-11-16(33)17(10)38-40(34,42)35-4-12-18(39-41(43,44)37-11)13(23)22(36-12)32-8-28-15-19(24)25-5-26-21(15)32/h5-8,10-13,16-18,22,33H,1,3-4H2,2H3,(H,34,42)(H,43,44)(H2,24,25,26)/t10-,11+,12-,13-,16-,17+,18-,22-,40?/m1/s1. The van der Waals surface area contributed by atoms with Crippen molar-refractivity contribution in [1.82, 2.24) is 34.0 Å². The second-order valence-electron chi connectivity index (χ2n) is 10.5. The lowest BCUT2D eigenvalue weighted by Gasteiger charge is -2.31. The van der Waals surface area contributed by atoms with E-state index in [0.29, 0.717) is 17.2 Å². The number of imidazole rings is 2. The van der Waals surface area contributed by atoms with Crippen molar-refractivity contribution in [3.63, 3.8) is 0 Å². The highest BCUT2D eigenvalue weighted by Gasteiger charge is 2.54. The summed E-state index contributed by atoms with van der Waals surface area (Å²) in [5.41, 5.74) is 3.93. The number of nitrogen functional groups attached to an aromatic ring is 1. The van der Waals surface area contributed by atoms with Gasteiger partial charge in [0.25, 0.3) is 0 Å². The summed E-state index contributed by atoms with van der Waals surface area (Å²) in [6.45, 7) is -0.659. The van der Waals surface area contributed by atoms with Gasteiger partial charge in [0.1, 0.15) is 42.0 Å². The van der Waals surface area contributed by atoms with Crippen molar-refractivity contribution in [3.8, 4) is 0 Å². The number of nitrogens with two attached hydrogens (primary N) is 1. The molecule has 0 spiro atoms. The van der Waals surface area contributed by atoms with Gasteiger partial charge in [0.05, 0.1) is 43.4 Å². The molecule has 44 heavy (non-hydrogen) atoms. The van der Waals surface area contributed by atoms with Crippen LogP contribution in [-0.4, -0.2) is 95.8 Å². The zero-order valence-electron chi connectivity index (χ0n) is 22.7. The third kappa shape index (κ3) is 5.23. The molecule has 1 aliphatic carbocycles. The molecule has 4 aliphatic rings. The molecule has 2 bridgehead atoms. The average molecular weight is 706 g/mol. The molecular weight excluding hydrogens is 679 g/mol. The van der Waals surface area contributed by atoms with Crippen LogP contribution in [0.25, 0.3) is 16.9 Å². The van der Waals surface area contributed by atoms with Crippen LogP contribution in [0.5, 0.6) is 0 Å². The molecule has 16 nitrogen and oxygen atoms in total. The minimum Gasteiger partial charge on any atom is -0.388 e. The SMILES string of the molecule is C=C1c2ncn([C@@H]3C[C@@H]4OP(=S)(S)O[C@H]5[C@@H](F)[C@H](n6cnc7c(N)ncnc76)O[C@@H]5COP(=O)(S)O[C@@H]3[C@@H]4O)c2N=CN1C. The zero-order chi connectivity index (χ0) is 31.1. The van der Waals surface area contributed by atoms with E-state index >= 15 is 4.39 Å². The highest BCUT2D eigenvalue weighted by Crippen LogP contribution is 2.63. The minimum atomic E-state index is -4.21. The number of halogens is 1. The van der Waals surface area contributed by atoms with Gasteiger partial charge in [-0.15, -0.1) is 0 Å². The first-order valence-corrected chi connectivity index (χ1v) is 19.6. The van der Waals surface area contributed by atoms with Crippen molar-refractivity contribution in [2.45, 2.75) is 55.4 Å². The summed E-state index contributed by atoms with van der Waals surface area (Å²) < 4.78 is 62.2. The third-order valence-electron chi connectivity index (χ3n) is 7.86. The van der Waals surface area contributed by atoms with Gasteiger partial charge in [-0.1, -0.05) is 31.1 Å². The maximum Gasteiger partial charge on any atom is 0.386 e. The molecule has 3 N–H and O–H groups in total. The minimum absolute atomic E-state index is 0.0942. The van der Waals surface area contributed by atoms with Crippen LogP contribution in [-0.2, 0) is 39.2 Å². The molecule has 236 valence electrons. The van der Waals surface area contributed by atoms with E-state index < -0.39 is 68.1 Å². The van der Waals surface area contributed by atoms with Crippen molar-refractivity contribution >= 4 is 83.6 Å². The van der Waals surface area contributed by atoms with Crippen LogP contribution in [0.4, 0.5) is 16.0 Å². The number of thiol groups is 2. The first kappa shape index (κ1) is 30.7. The van der Waals surface area contributed by atoms with Crippen LogP contribution in [0.15, 0.2) is 30.6 Å². The normalized spacial score (nSPS) is 39.2. The van der Waals surface area contributed by atoms with Crippen LogP contribution in [0.3, 0.4) is 0 Å². The monoisotopic (exact) mass is 705 g/mol. The highest BCUT2D eigenvalue weighted by molar-refractivity contribution is 8.60. The number of rotatable bonds is 2. The number of aliphatic hydroxyl groups is 1. The molecule has 3 aromatic heterocycles. The number of aliphatic imine (C=N–C) groups is 1. The van der Waals surface area contributed by atoms with Crippen molar-refractivity contribution in [2.24, 2.45) is 4.99 Å². The number of fused-ring (bicyclic) bond motifs is 5. The predicted octanol–water partition coefficient (Wildman–Crippen LogP) is 2.80. The molecule has 2 unspecified atom stereocenters. The molecule has 22 heteroatoms. The van der Waals surface area contributed by atoms with Gasteiger partial charge in [-0.2, -0.15) is 0 Å². The van der Waals surface area contributed by atoms with Gasteiger partial charge >= 0.3 is 6.80 Å². The maximum absolute atomic E-state index is 16.2. The van der Waals surface area contributed by atoms with Crippen LogP contribution < -0.4 is 5.73 Å². The molecule has 2 saturated heterocycles. The van der Waals surface area contributed by atoms with Crippen LogP contribution >= 0.6 is 37.0 Å². The Hall–Kier alpha value is -1.96. The lowest BCUT2D eigenvalue weighted by Crippen LogP contribution is -2.37. The number of alkyl halides is 1. The maximum atomic E-state index is 16.2. The number of aromatic nitrogens is 6. The Bertz CT molecular complexity index is 1780. The Morgan fingerprint density at radius 3 is 2.70 bits per heavy atom. The first-order valence-electron chi connectivity index (χ1n) is 13.1. The van der Waals surface area contributed by atoms with Gasteiger partial charge in [-0.05, 0) is 11.8 Å². The number of nitrogens with zero attached hydrogens (tertiary/aromatic N) is 8. The van der Waals surface area contributed by atoms with Crippen molar-refractivity contribution in [1.29, 1.82) is 0 Å². The molecule has 1 saturated carbocycles. The highest BCUT2D eigenvalue weighted by atomic mass is 32.9. The molecule has 7 rings (SSSR count). The van der Waals surface area contributed by atoms with Gasteiger partial charge in [0.2, 0.25) is 5.69 Å². The Balaban J connectivity index is 1.20. The summed E-state index contributed by atoms with van der Waals surface area (Å²) in [6.07, 6.45) is -3.60. The average Bonchev–Trinajstić information content (AvgIpc) is 3.72. The zero-order valence-corrected chi connectivity index (χ0v) is 27.1. The van der Waals surface area contributed by atoms with E-state index in [-0.39, 0.29) is 23.4 Å². The molecule has 0 amide bonds. The van der Waals surface area contributed by atoms with Crippen LogP contribution in [0.1, 0.15) is 24.4 Å². The van der Waals surface area contributed by atoms with Gasteiger partial charge in [-0.3, -0.25) is 13.6 Å². The Morgan fingerprint density at radius 1 is 1.14 bits per heavy atom. The molecule has 3 aliphatic heterocycles. The van der Waals surface area contributed by atoms with E-state index in [1.54, 1.807) is 22.9 Å². The van der Waals surface area contributed by atoms with Crippen LogP contribution in [0, 0.1) is 0 Å².